The van der Waals surface area contributed by atoms with E-state index in [1.807, 2.05) is 30.3 Å². The van der Waals surface area contributed by atoms with Gasteiger partial charge in [-0.2, -0.15) is 0 Å². The molecule has 0 atom stereocenters. The first-order chi connectivity index (χ1) is 10.5. The Balaban J connectivity index is 2.05. The van der Waals surface area contributed by atoms with E-state index in [4.69, 9.17) is 0 Å². The van der Waals surface area contributed by atoms with Crippen molar-refractivity contribution < 1.29 is 12.8 Å². The largest absolute Gasteiger partial charge is 0.279 e. The number of nitrogens with one attached hydrogen (secondary N) is 1. The van der Waals surface area contributed by atoms with Crippen LogP contribution in [0.4, 0.5) is 10.1 Å². The second-order valence-electron chi connectivity index (χ2n) is 5.04. The first-order valence-electron chi connectivity index (χ1n) is 6.74. The van der Waals surface area contributed by atoms with Crippen molar-refractivity contribution in [2.75, 3.05) is 4.72 Å². The second kappa shape index (κ2) is 5.42. The molecular weight excluding hydrogens is 301 g/mol. The summed E-state index contributed by atoms with van der Waals surface area (Å²) >= 11 is 0. The molecule has 0 saturated carbocycles. The molecule has 0 unspecified atom stereocenters. The average Bonchev–Trinajstić information content (AvgIpc) is 2.50. The van der Waals surface area contributed by atoms with Crippen LogP contribution < -0.4 is 4.72 Å². The van der Waals surface area contributed by atoms with Gasteiger partial charge in [-0.1, -0.05) is 36.4 Å². The van der Waals surface area contributed by atoms with Gasteiger partial charge >= 0.3 is 0 Å². The van der Waals surface area contributed by atoms with Crippen LogP contribution in [0.2, 0.25) is 0 Å². The van der Waals surface area contributed by atoms with Gasteiger partial charge in [0.15, 0.2) is 0 Å². The number of rotatable bonds is 3. The molecule has 0 amide bonds. The van der Waals surface area contributed by atoms with Gasteiger partial charge in [0.1, 0.15) is 5.82 Å². The molecule has 0 heterocycles. The van der Waals surface area contributed by atoms with E-state index in [0.717, 1.165) is 16.8 Å². The maximum Gasteiger partial charge on any atom is 0.261 e. The molecule has 0 fully saturated rings. The molecule has 22 heavy (non-hydrogen) atoms. The van der Waals surface area contributed by atoms with Crippen LogP contribution in [0, 0.1) is 12.7 Å². The fourth-order valence-electron chi connectivity index (χ4n) is 2.30. The van der Waals surface area contributed by atoms with Crippen LogP contribution in [0.15, 0.2) is 65.6 Å². The molecule has 0 saturated heterocycles. The van der Waals surface area contributed by atoms with Crippen molar-refractivity contribution in [1.82, 2.24) is 0 Å². The Hall–Kier alpha value is -2.40. The zero-order chi connectivity index (χ0) is 15.7. The molecule has 0 bridgehead atoms. The molecule has 0 aromatic heterocycles. The number of anilines is 1. The van der Waals surface area contributed by atoms with E-state index in [2.05, 4.69) is 4.72 Å². The Kier molecular flexibility index (Phi) is 3.58. The van der Waals surface area contributed by atoms with Crippen LogP contribution in [0.3, 0.4) is 0 Å². The summed E-state index contributed by atoms with van der Waals surface area (Å²) in [6.07, 6.45) is 0. The van der Waals surface area contributed by atoms with Gasteiger partial charge in [-0.15, -0.1) is 0 Å². The summed E-state index contributed by atoms with van der Waals surface area (Å²) in [7, 11) is -3.76. The van der Waals surface area contributed by atoms with E-state index >= 15 is 0 Å². The van der Waals surface area contributed by atoms with Gasteiger partial charge in [0.2, 0.25) is 0 Å². The van der Waals surface area contributed by atoms with Crippen LogP contribution in [0.1, 0.15) is 5.56 Å². The Morgan fingerprint density at radius 3 is 2.45 bits per heavy atom. The number of benzene rings is 3. The van der Waals surface area contributed by atoms with Crippen LogP contribution in [0.25, 0.3) is 10.8 Å². The van der Waals surface area contributed by atoms with E-state index in [9.17, 15) is 12.8 Å². The maximum absolute atomic E-state index is 13.3. The topological polar surface area (TPSA) is 46.2 Å². The minimum Gasteiger partial charge on any atom is -0.279 e. The van der Waals surface area contributed by atoms with Crippen molar-refractivity contribution in [3.05, 3.63) is 72.0 Å². The molecule has 1 N–H and O–H groups in total. The van der Waals surface area contributed by atoms with Crippen LogP contribution in [-0.2, 0) is 10.0 Å². The van der Waals surface area contributed by atoms with Crippen LogP contribution in [-0.4, -0.2) is 8.42 Å². The quantitative estimate of drug-likeness (QED) is 0.791. The molecule has 3 rings (SSSR count). The molecule has 112 valence electrons. The predicted octanol–water partition coefficient (Wildman–Crippen LogP) is 4.09. The highest BCUT2D eigenvalue weighted by Gasteiger charge is 2.16. The number of hydrogen-bond donors (Lipinski definition) is 1. The van der Waals surface area contributed by atoms with E-state index in [1.54, 1.807) is 12.1 Å². The van der Waals surface area contributed by atoms with Gasteiger partial charge < -0.3 is 0 Å². The predicted molar refractivity (Wildman–Crippen MR) is 85.9 cm³/mol. The molecule has 5 heteroatoms. The first-order valence-corrected chi connectivity index (χ1v) is 8.22. The lowest BCUT2D eigenvalue weighted by atomic mass is 10.1. The summed E-state index contributed by atoms with van der Waals surface area (Å²) < 4.78 is 40.8. The number of sulfonamides is 1. The highest BCUT2D eigenvalue weighted by Crippen LogP contribution is 2.26. The Morgan fingerprint density at radius 1 is 0.955 bits per heavy atom. The highest BCUT2D eigenvalue weighted by atomic mass is 32.2. The zero-order valence-corrected chi connectivity index (χ0v) is 12.7. The summed E-state index contributed by atoms with van der Waals surface area (Å²) in [6, 6.07) is 16.7. The Labute approximate surface area is 128 Å². The summed E-state index contributed by atoms with van der Waals surface area (Å²) in [5.41, 5.74) is 0.792. The maximum atomic E-state index is 13.3. The summed E-state index contributed by atoms with van der Waals surface area (Å²) in [5.74, 6) is -0.427. The summed E-state index contributed by atoms with van der Waals surface area (Å²) in [4.78, 5) is 0.0411. The van der Waals surface area contributed by atoms with Crippen LogP contribution in [0.5, 0.6) is 0 Å². The molecule has 0 aliphatic rings. The van der Waals surface area contributed by atoms with Gasteiger partial charge in [0.05, 0.1) is 10.6 Å². The third kappa shape index (κ3) is 2.67. The smallest absolute Gasteiger partial charge is 0.261 e. The third-order valence-electron chi connectivity index (χ3n) is 3.47. The minimum atomic E-state index is -3.76. The molecule has 0 aliphatic heterocycles. The van der Waals surface area contributed by atoms with Crippen molar-refractivity contribution in [1.29, 1.82) is 0 Å². The Bertz CT molecular complexity index is 947. The van der Waals surface area contributed by atoms with Gasteiger partial charge in [0, 0.05) is 5.39 Å². The van der Waals surface area contributed by atoms with Crippen molar-refractivity contribution in [2.24, 2.45) is 0 Å². The van der Waals surface area contributed by atoms with E-state index in [-0.39, 0.29) is 4.90 Å². The fourth-order valence-corrected chi connectivity index (χ4v) is 3.47. The van der Waals surface area contributed by atoms with Crippen molar-refractivity contribution in [3.63, 3.8) is 0 Å². The zero-order valence-electron chi connectivity index (χ0n) is 11.9. The lowest BCUT2D eigenvalue weighted by Gasteiger charge is -2.11. The standard InChI is InChI=1S/C17H14FNO2S/c1-12-11-14(9-10-16(12)18)22(20,21)19-17-8-4-6-13-5-2-3-7-15(13)17/h2-11,19H,1H3. The number of halogens is 1. The third-order valence-corrected chi connectivity index (χ3v) is 4.84. The number of aryl methyl sites for hydroxylation is 1. The molecular formula is C17H14FNO2S. The van der Waals surface area contributed by atoms with Gasteiger partial charge in [0.25, 0.3) is 10.0 Å². The number of fused-ring (bicyclic) bond motifs is 1. The lowest BCUT2D eigenvalue weighted by Crippen LogP contribution is -2.13. The van der Waals surface area contributed by atoms with Crippen molar-refractivity contribution in [2.45, 2.75) is 11.8 Å². The first kappa shape index (κ1) is 14.5. The monoisotopic (exact) mass is 315 g/mol. The summed E-state index contributed by atoms with van der Waals surface area (Å²) in [6.45, 7) is 1.53. The summed E-state index contributed by atoms with van der Waals surface area (Å²) in [5, 5.41) is 1.75. The lowest BCUT2D eigenvalue weighted by molar-refractivity contribution is 0.598. The van der Waals surface area contributed by atoms with E-state index in [1.165, 1.54) is 19.1 Å². The van der Waals surface area contributed by atoms with Gasteiger partial charge in [-0.25, -0.2) is 12.8 Å². The van der Waals surface area contributed by atoms with Crippen molar-refractivity contribution >= 4 is 26.5 Å². The molecule has 0 radical (unpaired) electrons. The normalized spacial score (nSPS) is 11.5. The molecule has 0 spiro atoms. The molecule has 3 aromatic rings. The Morgan fingerprint density at radius 2 is 1.68 bits per heavy atom. The average molecular weight is 315 g/mol. The SMILES string of the molecule is Cc1cc(S(=O)(=O)Nc2cccc3ccccc23)ccc1F. The van der Waals surface area contributed by atoms with E-state index < -0.39 is 15.8 Å². The van der Waals surface area contributed by atoms with Crippen molar-refractivity contribution in [3.8, 4) is 0 Å². The minimum absolute atomic E-state index is 0.0411. The molecule has 0 aliphatic carbocycles. The second-order valence-corrected chi connectivity index (χ2v) is 6.73. The molecule has 3 nitrogen and oxygen atoms in total. The molecule has 3 aromatic carbocycles. The van der Waals surface area contributed by atoms with Gasteiger partial charge in [-0.05, 0) is 42.1 Å². The van der Waals surface area contributed by atoms with E-state index in [0.29, 0.717) is 11.3 Å². The van der Waals surface area contributed by atoms with Gasteiger partial charge in [-0.3, -0.25) is 4.72 Å². The van der Waals surface area contributed by atoms with Crippen LogP contribution >= 0.6 is 0 Å². The number of hydrogen-bond acceptors (Lipinski definition) is 2. The fraction of sp³-hybridized carbons (Fsp3) is 0.0588. The highest BCUT2D eigenvalue weighted by molar-refractivity contribution is 7.92.